The van der Waals surface area contributed by atoms with Crippen molar-refractivity contribution in [2.45, 2.75) is 20.3 Å². The van der Waals surface area contributed by atoms with Crippen LogP contribution in [0.5, 0.6) is 0 Å². The summed E-state index contributed by atoms with van der Waals surface area (Å²) < 4.78 is 0. The summed E-state index contributed by atoms with van der Waals surface area (Å²) in [6.45, 7) is 5.82. The Morgan fingerprint density at radius 1 is 1.00 bits per heavy atom. The second-order valence-corrected chi connectivity index (χ2v) is 5.79. The Labute approximate surface area is 136 Å². The van der Waals surface area contributed by atoms with Gasteiger partial charge in [0.15, 0.2) is 0 Å². The molecule has 0 atom stereocenters. The molecule has 1 N–H and O–H groups in total. The van der Waals surface area contributed by atoms with Gasteiger partial charge in [-0.05, 0) is 25.5 Å². The maximum Gasteiger partial charge on any atom is 0.251 e. The molecule has 6 heteroatoms. The molecule has 0 bridgehead atoms. The van der Waals surface area contributed by atoms with Crippen molar-refractivity contribution >= 4 is 17.7 Å². The Bertz CT molecular complexity index is 583. The van der Waals surface area contributed by atoms with Gasteiger partial charge in [-0.3, -0.25) is 14.4 Å². The average Bonchev–Trinajstić information content (AvgIpc) is 2.79. The van der Waals surface area contributed by atoms with Gasteiger partial charge in [-0.15, -0.1) is 0 Å². The molecule has 3 amide bonds. The third-order valence-electron chi connectivity index (χ3n) is 4.01. The first-order valence-electron chi connectivity index (χ1n) is 7.85. The highest BCUT2D eigenvalue weighted by atomic mass is 16.2. The fourth-order valence-corrected chi connectivity index (χ4v) is 2.56. The highest BCUT2D eigenvalue weighted by molar-refractivity contribution is 5.96. The molecule has 0 aliphatic carbocycles. The Kier molecular flexibility index (Phi) is 5.73. The van der Waals surface area contributed by atoms with E-state index >= 15 is 0 Å². The van der Waals surface area contributed by atoms with Crippen LogP contribution >= 0.6 is 0 Å². The molecule has 1 saturated heterocycles. The van der Waals surface area contributed by atoms with E-state index < -0.39 is 0 Å². The van der Waals surface area contributed by atoms with Crippen molar-refractivity contribution in [2.75, 3.05) is 32.7 Å². The van der Waals surface area contributed by atoms with Crippen LogP contribution in [-0.2, 0) is 9.59 Å². The van der Waals surface area contributed by atoms with Gasteiger partial charge in [0.05, 0.1) is 6.54 Å². The zero-order valence-corrected chi connectivity index (χ0v) is 13.7. The Hall–Kier alpha value is -2.37. The van der Waals surface area contributed by atoms with Crippen molar-refractivity contribution in [3.05, 3.63) is 35.4 Å². The largest absolute Gasteiger partial charge is 0.343 e. The van der Waals surface area contributed by atoms with E-state index in [2.05, 4.69) is 5.32 Å². The smallest absolute Gasteiger partial charge is 0.251 e. The second-order valence-electron chi connectivity index (χ2n) is 5.79. The van der Waals surface area contributed by atoms with E-state index in [1.54, 1.807) is 28.9 Å². The lowest BCUT2D eigenvalue weighted by Crippen LogP contribution is -2.42. The quantitative estimate of drug-likeness (QED) is 0.897. The van der Waals surface area contributed by atoms with Crippen molar-refractivity contribution in [3.63, 3.8) is 0 Å². The fraction of sp³-hybridized carbons (Fsp3) is 0.471. The number of hydrogen-bond donors (Lipinski definition) is 1. The number of carbonyl (C=O) groups is 3. The van der Waals surface area contributed by atoms with Crippen molar-refractivity contribution < 1.29 is 14.4 Å². The van der Waals surface area contributed by atoms with E-state index in [0.29, 0.717) is 31.7 Å². The topological polar surface area (TPSA) is 69.7 Å². The summed E-state index contributed by atoms with van der Waals surface area (Å²) in [6, 6.07) is 7.21. The van der Waals surface area contributed by atoms with Crippen molar-refractivity contribution in [1.29, 1.82) is 0 Å². The minimum Gasteiger partial charge on any atom is -0.343 e. The zero-order valence-electron chi connectivity index (χ0n) is 13.7. The first-order valence-corrected chi connectivity index (χ1v) is 7.85. The van der Waals surface area contributed by atoms with Crippen LogP contribution in [0.1, 0.15) is 29.3 Å². The molecule has 1 fully saturated rings. The fourth-order valence-electron chi connectivity index (χ4n) is 2.56. The second kappa shape index (κ2) is 7.76. The van der Waals surface area contributed by atoms with Crippen LogP contribution in [0.3, 0.4) is 0 Å². The van der Waals surface area contributed by atoms with Crippen LogP contribution in [0.15, 0.2) is 24.3 Å². The first-order chi connectivity index (χ1) is 11.0. The molecular weight excluding hydrogens is 294 g/mol. The molecule has 2 rings (SSSR count). The Morgan fingerprint density at radius 3 is 2.26 bits per heavy atom. The monoisotopic (exact) mass is 317 g/mol. The summed E-state index contributed by atoms with van der Waals surface area (Å²) in [5.74, 6) is -0.332. The SMILES string of the molecule is CC(=O)N1CCCN(C(=O)CNC(=O)c2ccc(C)cc2)CC1. The number of hydrogen-bond acceptors (Lipinski definition) is 3. The highest BCUT2D eigenvalue weighted by Crippen LogP contribution is 2.05. The van der Waals surface area contributed by atoms with Gasteiger partial charge in [-0.1, -0.05) is 17.7 Å². The number of benzene rings is 1. The van der Waals surface area contributed by atoms with Gasteiger partial charge >= 0.3 is 0 Å². The Balaban J connectivity index is 1.83. The summed E-state index contributed by atoms with van der Waals surface area (Å²) in [7, 11) is 0. The third kappa shape index (κ3) is 4.81. The molecule has 1 aliphatic heterocycles. The summed E-state index contributed by atoms with van der Waals surface area (Å²) in [4.78, 5) is 39.1. The standard InChI is InChI=1S/C17H23N3O3/c1-13-4-6-15(7-5-13)17(23)18-12-16(22)20-9-3-8-19(10-11-20)14(2)21/h4-7H,3,8-12H2,1-2H3,(H,18,23). The predicted molar refractivity (Wildman–Crippen MR) is 87.0 cm³/mol. The van der Waals surface area contributed by atoms with Crippen LogP contribution in [0.2, 0.25) is 0 Å². The van der Waals surface area contributed by atoms with E-state index in [4.69, 9.17) is 0 Å². The summed E-state index contributed by atoms with van der Waals surface area (Å²) in [5, 5.41) is 2.66. The van der Waals surface area contributed by atoms with Crippen molar-refractivity contribution in [2.24, 2.45) is 0 Å². The van der Waals surface area contributed by atoms with Crippen LogP contribution in [0, 0.1) is 6.92 Å². The summed E-state index contributed by atoms with van der Waals surface area (Å²) in [6.07, 6.45) is 0.761. The van der Waals surface area contributed by atoms with Gasteiger partial charge in [-0.25, -0.2) is 0 Å². The lowest BCUT2D eigenvalue weighted by atomic mass is 10.1. The molecule has 0 unspecified atom stereocenters. The van der Waals surface area contributed by atoms with Gasteiger partial charge in [0.2, 0.25) is 11.8 Å². The van der Waals surface area contributed by atoms with Crippen LogP contribution in [0.25, 0.3) is 0 Å². The predicted octanol–water partition coefficient (Wildman–Crippen LogP) is 0.806. The molecule has 0 radical (unpaired) electrons. The molecule has 0 spiro atoms. The molecule has 1 aromatic carbocycles. The van der Waals surface area contributed by atoms with E-state index in [-0.39, 0.29) is 24.3 Å². The van der Waals surface area contributed by atoms with Gasteiger partial charge in [0, 0.05) is 38.7 Å². The molecule has 1 aromatic rings. The number of aryl methyl sites for hydroxylation is 1. The molecule has 1 heterocycles. The van der Waals surface area contributed by atoms with Crippen molar-refractivity contribution in [3.8, 4) is 0 Å². The molecule has 0 aromatic heterocycles. The average molecular weight is 317 g/mol. The van der Waals surface area contributed by atoms with Crippen molar-refractivity contribution in [1.82, 2.24) is 15.1 Å². The van der Waals surface area contributed by atoms with Crippen LogP contribution < -0.4 is 5.32 Å². The third-order valence-corrected chi connectivity index (χ3v) is 4.01. The van der Waals surface area contributed by atoms with Gasteiger partial charge in [0.1, 0.15) is 0 Å². The molecule has 0 saturated carbocycles. The number of carbonyl (C=O) groups excluding carboxylic acids is 3. The van der Waals surface area contributed by atoms with Gasteiger partial charge in [0.25, 0.3) is 5.91 Å². The maximum atomic E-state index is 12.2. The molecule has 1 aliphatic rings. The van der Waals surface area contributed by atoms with E-state index in [1.807, 2.05) is 19.1 Å². The summed E-state index contributed by atoms with van der Waals surface area (Å²) in [5.41, 5.74) is 1.62. The minimum absolute atomic E-state index is 0.0211. The zero-order chi connectivity index (χ0) is 16.8. The van der Waals surface area contributed by atoms with E-state index in [1.165, 1.54) is 0 Å². The number of nitrogens with zero attached hydrogens (tertiary/aromatic N) is 2. The minimum atomic E-state index is -0.251. The lowest BCUT2D eigenvalue weighted by molar-refractivity contribution is -0.131. The normalized spacial score (nSPS) is 15.0. The summed E-state index contributed by atoms with van der Waals surface area (Å²) >= 11 is 0. The number of rotatable bonds is 3. The Morgan fingerprint density at radius 2 is 1.61 bits per heavy atom. The van der Waals surface area contributed by atoms with Crippen LogP contribution in [-0.4, -0.2) is 60.2 Å². The van der Waals surface area contributed by atoms with E-state index in [9.17, 15) is 14.4 Å². The van der Waals surface area contributed by atoms with Crippen LogP contribution in [0.4, 0.5) is 0 Å². The van der Waals surface area contributed by atoms with Gasteiger partial charge in [-0.2, -0.15) is 0 Å². The number of nitrogens with one attached hydrogen (secondary N) is 1. The molecule has 6 nitrogen and oxygen atoms in total. The molecular formula is C17H23N3O3. The first kappa shape index (κ1) is 17.0. The highest BCUT2D eigenvalue weighted by Gasteiger charge is 2.20. The molecule has 23 heavy (non-hydrogen) atoms. The van der Waals surface area contributed by atoms with E-state index in [0.717, 1.165) is 12.0 Å². The number of amides is 3. The maximum absolute atomic E-state index is 12.2. The van der Waals surface area contributed by atoms with Gasteiger partial charge < -0.3 is 15.1 Å². The lowest BCUT2D eigenvalue weighted by Gasteiger charge is -2.21. The molecule has 124 valence electrons.